The van der Waals surface area contributed by atoms with Crippen LogP contribution in [0.15, 0.2) is 108 Å². The second kappa shape index (κ2) is 25.9. The zero-order chi connectivity index (χ0) is 56.2. The largest absolute Gasteiger partial charge is 0.494 e. The van der Waals surface area contributed by atoms with E-state index in [0.29, 0.717) is 11.5 Å². The van der Waals surface area contributed by atoms with Crippen molar-refractivity contribution in [2.75, 3.05) is 28.7 Å². The number of nitrogens with zero attached hydrogens (tertiary/aromatic N) is 8. The highest BCUT2D eigenvalue weighted by Gasteiger charge is 2.41. The van der Waals surface area contributed by atoms with E-state index in [1.165, 1.54) is 70.6 Å². The van der Waals surface area contributed by atoms with Crippen LogP contribution in [0.4, 0.5) is 5.69 Å². The molecule has 4 amide bonds. The number of pyridine rings is 3. The maximum absolute atomic E-state index is 14.4. The van der Waals surface area contributed by atoms with Crippen molar-refractivity contribution in [3.8, 4) is 17.3 Å². The van der Waals surface area contributed by atoms with Gasteiger partial charge in [0.2, 0.25) is 5.88 Å². The summed E-state index contributed by atoms with van der Waals surface area (Å²) in [7, 11) is -12.8. The lowest BCUT2D eigenvalue weighted by molar-refractivity contribution is -0.696. The van der Waals surface area contributed by atoms with E-state index in [-0.39, 0.29) is 116 Å². The Morgan fingerprint density at radius 3 is 1.65 bits per heavy atom. The van der Waals surface area contributed by atoms with Crippen LogP contribution < -0.4 is 24.2 Å². The number of carbonyl (C=O) groups excluding carboxylic acids is 5. The minimum atomic E-state index is -4.27. The van der Waals surface area contributed by atoms with Gasteiger partial charge in [0, 0.05) is 63.3 Å². The van der Waals surface area contributed by atoms with Crippen molar-refractivity contribution in [3.63, 3.8) is 0 Å². The number of anilines is 1. The van der Waals surface area contributed by atoms with E-state index < -0.39 is 88.7 Å². The lowest BCUT2D eigenvalue weighted by Gasteiger charge is -2.36. The number of hydroxylamine groups is 2. The molecule has 4 aromatic heterocycles. The summed E-state index contributed by atoms with van der Waals surface area (Å²) in [6.45, 7) is 0.286. The van der Waals surface area contributed by atoms with E-state index in [1.54, 1.807) is 56.6 Å². The molecule has 25 nitrogen and oxygen atoms in total. The Labute approximate surface area is 452 Å². The van der Waals surface area contributed by atoms with Crippen molar-refractivity contribution < 1.29 is 86.5 Å². The molecule has 2 saturated heterocycles. The molecule has 30 heteroatoms. The monoisotopic (exact) mass is 1160 g/mol. The normalized spacial score (nSPS) is 15.3. The first-order valence-electron chi connectivity index (χ1n) is 23.6. The fourth-order valence-electron chi connectivity index (χ4n) is 7.96. The summed E-state index contributed by atoms with van der Waals surface area (Å²) in [5.41, 5.74) is -0.884. The summed E-state index contributed by atoms with van der Waals surface area (Å²) in [6.07, 6.45) is 16.3. The fraction of sp³-hybridized carbons (Fsp3) is 0.340. The highest BCUT2D eigenvalue weighted by molar-refractivity contribution is 7.86. The van der Waals surface area contributed by atoms with Crippen LogP contribution in [0.1, 0.15) is 63.4 Å². The molecular formula is C47H53N8O17S5+3. The van der Waals surface area contributed by atoms with E-state index >= 15 is 0 Å². The Bertz CT molecular complexity index is 3540. The van der Waals surface area contributed by atoms with Crippen molar-refractivity contribution >= 4 is 101 Å². The molecule has 2 fully saturated rings. The molecule has 2 aliphatic rings. The van der Waals surface area contributed by atoms with Crippen LogP contribution in [-0.4, -0.2) is 122 Å². The molecule has 6 rings (SSSR count). The molecule has 0 bridgehead atoms. The van der Waals surface area contributed by atoms with Crippen LogP contribution in [0.5, 0.6) is 5.88 Å². The van der Waals surface area contributed by atoms with Gasteiger partial charge < -0.3 is 9.94 Å². The lowest BCUT2D eigenvalue weighted by atomic mass is 10.1. The molecule has 0 atom stereocenters. The van der Waals surface area contributed by atoms with Gasteiger partial charge >= 0.3 is 5.97 Å². The van der Waals surface area contributed by atoms with Gasteiger partial charge in [0.1, 0.15) is 47.8 Å². The van der Waals surface area contributed by atoms with E-state index in [4.69, 9.17) is 29.3 Å². The SMILES string of the molecule is O=C(CCCCCN1C(=O)C(=CC=CC=Cc2c(O)n(-c3ccc[n+](CCCS(=O)(=O)O)c3)c(=S)n(-c3ccc[n+](CCCS(=O)(=O)O)c3)c2=O)C(=O)N(c2ccc[n+](CCCS(=O)(=O)O)c2)C1=S)ON1C(=O)CCC1=O. The van der Waals surface area contributed by atoms with Crippen molar-refractivity contribution in [1.82, 2.24) is 19.1 Å². The number of amides is 4. The third-order valence-corrected chi connectivity index (χ3v) is 14.7. The van der Waals surface area contributed by atoms with Crippen LogP contribution in [0.3, 0.4) is 0 Å². The number of unbranched alkanes of at least 4 members (excludes halogenated alkanes) is 2. The van der Waals surface area contributed by atoms with Gasteiger partial charge in [-0.3, -0.25) is 47.1 Å². The van der Waals surface area contributed by atoms with Crippen LogP contribution in [-0.2, 0) is 78.8 Å². The number of thiocarbonyl (C=S) groups is 1. The molecule has 6 heterocycles. The third kappa shape index (κ3) is 16.5. The van der Waals surface area contributed by atoms with Gasteiger partial charge in [-0.2, -0.15) is 25.3 Å². The second-order valence-corrected chi connectivity index (χ2v) is 22.8. The number of imide groups is 1. The summed E-state index contributed by atoms with van der Waals surface area (Å²) in [5.74, 6) is -5.90. The Morgan fingerprint density at radius 1 is 0.636 bits per heavy atom. The molecule has 410 valence electrons. The minimum absolute atomic E-state index is 0.0139. The van der Waals surface area contributed by atoms with Crippen LogP contribution in [0.25, 0.3) is 17.5 Å². The first-order chi connectivity index (χ1) is 36.3. The number of hydrogen-bond donors (Lipinski definition) is 4. The molecular weight excluding hydrogens is 1110 g/mol. The number of rotatable bonds is 25. The molecule has 0 radical (unpaired) electrons. The second-order valence-electron chi connectivity index (χ2n) is 17.4. The standard InChI is InChI=1S/C47H50N8O17S5/c56-39-19-20-40(57)55(39)72-41(58)18-5-2-6-27-51-42(59)37(43(60)52(46(51)73)34-13-7-21-48(31-34)24-10-28-75(63,64)65)16-3-1-4-17-38-44(61)53(35-14-8-22-49(32-35)25-11-29-76(66,67)68)47(74)54(45(38)62)36-15-9-23-50(33-36)26-12-30-77(69,70)71/h1,3-4,7-9,13-17,21-23,31-33H,2,5-6,10-12,18-20,24-30H2,(H-3,59,60,61,62,63,64,65,66,67,68,69,70,71)/p+3. The molecule has 77 heavy (non-hydrogen) atoms. The Kier molecular flexibility index (Phi) is 19.9. The van der Waals surface area contributed by atoms with Crippen molar-refractivity contribution in [1.29, 1.82) is 0 Å². The van der Waals surface area contributed by atoms with Gasteiger partial charge in [-0.1, -0.05) is 24.6 Å². The topological polar surface area (TPSA) is 326 Å². The van der Waals surface area contributed by atoms with Gasteiger partial charge in [-0.25, -0.2) is 28.0 Å². The van der Waals surface area contributed by atoms with Crippen LogP contribution in [0.2, 0.25) is 0 Å². The van der Waals surface area contributed by atoms with E-state index in [1.807, 2.05) is 0 Å². The number of aromatic hydroxyl groups is 1. The van der Waals surface area contributed by atoms with Gasteiger partial charge in [0.05, 0.1) is 17.3 Å². The lowest BCUT2D eigenvalue weighted by Crippen LogP contribution is -2.57. The average Bonchev–Trinajstić information content (AvgIpc) is 3.67. The summed E-state index contributed by atoms with van der Waals surface area (Å²) in [6, 6.07) is 9.33. The number of hydrogen-bond acceptors (Lipinski definition) is 16. The summed E-state index contributed by atoms with van der Waals surface area (Å²) < 4.78 is 103. The van der Waals surface area contributed by atoms with Crippen LogP contribution in [0, 0.1) is 4.77 Å². The molecule has 2 aliphatic heterocycles. The van der Waals surface area contributed by atoms with Gasteiger partial charge in [0.25, 0.3) is 59.5 Å². The number of allylic oxidation sites excluding steroid dienone is 4. The molecule has 0 aromatic carbocycles. The Morgan fingerprint density at radius 2 is 1.13 bits per heavy atom. The van der Waals surface area contributed by atoms with E-state index in [9.17, 15) is 72.8 Å². The van der Waals surface area contributed by atoms with E-state index in [2.05, 4.69) is 0 Å². The fourth-order valence-corrected chi connectivity index (χ4v) is 10.2. The summed E-state index contributed by atoms with van der Waals surface area (Å²) in [5, 5.41) is 12.1. The predicted molar refractivity (Wildman–Crippen MR) is 278 cm³/mol. The van der Waals surface area contributed by atoms with Gasteiger partial charge in [-0.05, 0) is 67.6 Å². The van der Waals surface area contributed by atoms with Crippen molar-refractivity contribution in [3.05, 3.63) is 124 Å². The molecule has 0 spiro atoms. The minimum Gasteiger partial charge on any atom is -0.494 e. The van der Waals surface area contributed by atoms with Crippen molar-refractivity contribution in [2.24, 2.45) is 0 Å². The number of carbonyl (C=O) groups is 5. The first-order valence-corrected chi connectivity index (χ1v) is 29.2. The molecule has 0 saturated carbocycles. The predicted octanol–water partition coefficient (Wildman–Crippen LogP) is 1.58. The molecule has 0 unspecified atom stereocenters. The van der Waals surface area contributed by atoms with Crippen molar-refractivity contribution in [2.45, 2.75) is 77.4 Å². The number of aryl methyl sites for hydroxylation is 3. The van der Waals surface area contributed by atoms with Crippen LogP contribution >= 0.6 is 24.4 Å². The third-order valence-electron chi connectivity index (χ3n) is 11.6. The molecule has 4 aromatic rings. The number of aromatic nitrogens is 5. The summed E-state index contributed by atoms with van der Waals surface area (Å²) >= 11 is 11.5. The van der Waals surface area contributed by atoms with E-state index in [0.717, 1.165) is 9.47 Å². The smallest absolute Gasteiger partial charge is 0.333 e. The van der Waals surface area contributed by atoms with Gasteiger partial charge in [0.15, 0.2) is 47.1 Å². The Hall–Kier alpha value is -7.06. The average molecular weight is 1160 g/mol. The highest BCUT2D eigenvalue weighted by Crippen LogP contribution is 2.26. The zero-order valence-corrected chi connectivity index (χ0v) is 44.9. The highest BCUT2D eigenvalue weighted by atomic mass is 32.2. The first kappa shape index (κ1) is 59.2. The summed E-state index contributed by atoms with van der Waals surface area (Å²) in [4.78, 5) is 86.1. The molecule has 0 aliphatic carbocycles. The molecule has 4 N–H and O–H groups in total. The maximum Gasteiger partial charge on any atom is 0.333 e. The Balaban J connectivity index is 1.32. The maximum atomic E-state index is 14.4. The zero-order valence-electron chi connectivity index (χ0n) is 40.8. The van der Waals surface area contributed by atoms with Gasteiger partial charge in [-0.15, -0.1) is 5.06 Å². The quantitative estimate of drug-likeness (QED) is 0.0107.